The Hall–Kier alpha value is -1.36. The fourth-order valence-electron chi connectivity index (χ4n) is 3.17. The average molecular weight is 292 g/mol. The number of rotatable bonds is 5. The second-order valence-electron chi connectivity index (χ2n) is 6.24. The van der Waals surface area contributed by atoms with Crippen molar-refractivity contribution in [2.24, 2.45) is 13.0 Å². The summed E-state index contributed by atoms with van der Waals surface area (Å²) in [4.78, 5) is 12.1. The van der Waals surface area contributed by atoms with Gasteiger partial charge in [-0.15, -0.1) is 0 Å². The number of hydrogen-bond donors (Lipinski definition) is 2. The largest absolute Gasteiger partial charge is 0.356 e. The predicted molar refractivity (Wildman–Crippen MR) is 84.2 cm³/mol. The molecule has 1 saturated heterocycles. The molecule has 2 atom stereocenters. The van der Waals surface area contributed by atoms with E-state index >= 15 is 0 Å². The van der Waals surface area contributed by atoms with Gasteiger partial charge in [-0.3, -0.25) is 9.48 Å². The van der Waals surface area contributed by atoms with Gasteiger partial charge in [-0.2, -0.15) is 5.10 Å². The first-order valence-electron chi connectivity index (χ1n) is 7.99. The predicted octanol–water partition coefficient (Wildman–Crippen LogP) is 1.47. The van der Waals surface area contributed by atoms with E-state index in [-0.39, 0.29) is 11.8 Å². The van der Waals surface area contributed by atoms with Crippen molar-refractivity contribution in [1.82, 2.24) is 20.4 Å². The maximum absolute atomic E-state index is 12.1. The molecule has 1 amide bonds. The standard InChI is InChI=1S/C16H28N4O/c1-11-10-14(7-9-17-11)16(21)18-8-5-6-15-12(2)19-20(4)13(15)3/h11,14,17H,5-10H2,1-4H3,(H,18,21)/t11-,14-/m0/s1. The number of nitrogens with one attached hydrogen (secondary N) is 2. The van der Waals surface area contributed by atoms with Gasteiger partial charge in [0.1, 0.15) is 0 Å². The molecule has 0 aliphatic carbocycles. The van der Waals surface area contributed by atoms with E-state index in [2.05, 4.69) is 36.5 Å². The van der Waals surface area contributed by atoms with Crippen molar-refractivity contribution in [3.63, 3.8) is 0 Å². The topological polar surface area (TPSA) is 59.0 Å². The third-order valence-corrected chi connectivity index (χ3v) is 4.56. The highest BCUT2D eigenvalue weighted by Gasteiger charge is 2.24. The van der Waals surface area contributed by atoms with Crippen LogP contribution in [-0.2, 0) is 18.3 Å². The summed E-state index contributed by atoms with van der Waals surface area (Å²) in [6.45, 7) is 8.01. The lowest BCUT2D eigenvalue weighted by atomic mass is 9.92. The van der Waals surface area contributed by atoms with E-state index < -0.39 is 0 Å². The summed E-state index contributed by atoms with van der Waals surface area (Å²) in [5, 5.41) is 10.9. The zero-order valence-corrected chi connectivity index (χ0v) is 13.7. The molecule has 0 unspecified atom stereocenters. The van der Waals surface area contributed by atoms with Gasteiger partial charge in [-0.05, 0) is 58.6 Å². The van der Waals surface area contributed by atoms with Crippen molar-refractivity contribution < 1.29 is 4.79 Å². The highest BCUT2D eigenvalue weighted by Crippen LogP contribution is 2.16. The zero-order chi connectivity index (χ0) is 15.4. The third kappa shape index (κ3) is 4.06. The van der Waals surface area contributed by atoms with Crippen LogP contribution >= 0.6 is 0 Å². The normalized spacial score (nSPS) is 22.3. The maximum atomic E-state index is 12.1. The lowest BCUT2D eigenvalue weighted by molar-refractivity contribution is -0.126. The Morgan fingerprint density at radius 1 is 1.48 bits per heavy atom. The van der Waals surface area contributed by atoms with Gasteiger partial charge in [0.05, 0.1) is 5.69 Å². The first-order valence-corrected chi connectivity index (χ1v) is 7.99. The van der Waals surface area contributed by atoms with Crippen molar-refractivity contribution in [3.8, 4) is 0 Å². The van der Waals surface area contributed by atoms with Crippen molar-refractivity contribution in [2.45, 2.75) is 52.5 Å². The number of hydrogen-bond acceptors (Lipinski definition) is 3. The summed E-state index contributed by atoms with van der Waals surface area (Å²) in [6.07, 6.45) is 3.86. The summed E-state index contributed by atoms with van der Waals surface area (Å²) < 4.78 is 1.93. The van der Waals surface area contributed by atoms with E-state index in [1.54, 1.807) is 0 Å². The molecular weight excluding hydrogens is 264 g/mol. The second kappa shape index (κ2) is 7.07. The van der Waals surface area contributed by atoms with Gasteiger partial charge in [-0.1, -0.05) is 0 Å². The van der Waals surface area contributed by atoms with Crippen molar-refractivity contribution in [1.29, 1.82) is 0 Å². The van der Waals surface area contributed by atoms with Crippen LogP contribution in [0.15, 0.2) is 0 Å². The van der Waals surface area contributed by atoms with Crippen LogP contribution < -0.4 is 10.6 Å². The summed E-state index contributed by atoms with van der Waals surface area (Å²) in [5.74, 6) is 0.408. The number of aryl methyl sites for hydroxylation is 2. The Kier molecular flexibility index (Phi) is 5.39. The molecule has 0 saturated carbocycles. The SMILES string of the molecule is Cc1nn(C)c(C)c1CCCNC(=O)[C@H]1CCN[C@@H](C)C1. The van der Waals surface area contributed by atoms with E-state index in [0.717, 1.165) is 44.5 Å². The van der Waals surface area contributed by atoms with Gasteiger partial charge in [0, 0.05) is 31.2 Å². The van der Waals surface area contributed by atoms with Gasteiger partial charge in [0.2, 0.25) is 5.91 Å². The lowest BCUT2D eigenvalue weighted by Gasteiger charge is -2.27. The van der Waals surface area contributed by atoms with Crippen LogP contribution in [0.2, 0.25) is 0 Å². The van der Waals surface area contributed by atoms with Gasteiger partial charge in [0.15, 0.2) is 0 Å². The smallest absolute Gasteiger partial charge is 0.223 e. The molecule has 118 valence electrons. The monoisotopic (exact) mass is 292 g/mol. The Morgan fingerprint density at radius 2 is 2.24 bits per heavy atom. The van der Waals surface area contributed by atoms with Crippen molar-refractivity contribution in [2.75, 3.05) is 13.1 Å². The molecule has 0 aromatic carbocycles. The molecule has 1 fully saturated rings. The number of nitrogens with zero attached hydrogens (tertiary/aromatic N) is 2. The molecule has 1 aromatic rings. The number of piperidine rings is 1. The number of amides is 1. The first kappa shape index (κ1) is 16.0. The summed E-state index contributed by atoms with van der Waals surface area (Å²) in [5.41, 5.74) is 3.65. The van der Waals surface area contributed by atoms with Crippen LogP contribution in [0.4, 0.5) is 0 Å². The molecule has 1 aromatic heterocycles. The third-order valence-electron chi connectivity index (χ3n) is 4.56. The minimum Gasteiger partial charge on any atom is -0.356 e. The molecule has 0 spiro atoms. The molecule has 1 aliphatic rings. The van der Waals surface area contributed by atoms with E-state index in [1.165, 1.54) is 11.3 Å². The van der Waals surface area contributed by atoms with Crippen molar-refractivity contribution >= 4 is 5.91 Å². The van der Waals surface area contributed by atoms with Crippen LogP contribution in [0.1, 0.15) is 43.1 Å². The molecule has 1 aliphatic heterocycles. The molecule has 2 rings (SSSR count). The minimum atomic E-state index is 0.183. The van der Waals surface area contributed by atoms with Gasteiger partial charge < -0.3 is 10.6 Å². The molecule has 0 bridgehead atoms. The molecule has 5 heteroatoms. The van der Waals surface area contributed by atoms with Crippen LogP contribution in [-0.4, -0.2) is 34.8 Å². The average Bonchev–Trinajstić information content (AvgIpc) is 2.69. The van der Waals surface area contributed by atoms with Crippen LogP contribution in [0.5, 0.6) is 0 Å². The minimum absolute atomic E-state index is 0.183. The number of aromatic nitrogens is 2. The molecule has 21 heavy (non-hydrogen) atoms. The molecule has 2 N–H and O–H groups in total. The second-order valence-corrected chi connectivity index (χ2v) is 6.24. The molecule has 5 nitrogen and oxygen atoms in total. The molecule has 2 heterocycles. The zero-order valence-electron chi connectivity index (χ0n) is 13.7. The lowest BCUT2D eigenvalue weighted by Crippen LogP contribution is -2.42. The van der Waals surface area contributed by atoms with E-state index in [1.807, 2.05) is 11.7 Å². The van der Waals surface area contributed by atoms with Crippen LogP contribution in [0.3, 0.4) is 0 Å². The van der Waals surface area contributed by atoms with Crippen LogP contribution in [0.25, 0.3) is 0 Å². The summed E-state index contributed by atoms with van der Waals surface area (Å²) in [7, 11) is 1.98. The van der Waals surface area contributed by atoms with E-state index in [9.17, 15) is 4.79 Å². The highest BCUT2D eigenvalue weighted by atomic mass is 16.1. The Morgan fingerprint density at radius 3 is 2.86 bits per heavy atom. The van der Waals surface area contributed by atoms with Gasteiger partial charge >= 0.3 is 0 Å². The van der Waals surface area contributed by atoms with E-state index in [0.29, 0.717) is 6.04 Å². The molecular formula is C16H28N4O. The molecule has 0 radical (unpaired) electrons. The van der Waals surface area contributed by atoms with Crippen molar-refractivity contribution in [3.05, 3.63) is 17.0 Å². The quantitative estimate of drug-likeness (QED) is 0.808. The maximum Gasteiger partial charge on any atom is 0.223 e. The Labute approximate surface area is 127 Å². The Bertz CT molecular complexity index is 495. The number of carbonyl (C=O) groups is 1. The fraction of sp³-hybridized carbons (Fsp3) is 0.750. The van der Waals surface area contributed by atoms with Gasteiger partial charge in [0.25, 0.3) is 0 Å². The first-order chi connectivity index (χ1) is 9.99. The summed E-state index contributed by atoms with van der Waals surface area (Å²) in [6, 6.07) is 0.454. The van der Waals surface area contributed by atoms with E-state index in [4.69, 9.17) is 0 Å². The van der Waals surface area contributed by atoms with Crippen LogP contribution in [0, 0.1) is 19.8 Å². The number of carbonyl (C=O) groups excluding carboxylic acids is 1. The fourth-order valence-corrected chi connectivity index (χ4v) is 3.17. The summed E-state index contributed by atoms with van der Waals surface area (Å²) >= 11 is 0. The van der Waals surface area contributed by atoms with Gasteiger partial charge in [-0.25, -0.2) is 0 Å². The Balaban J connectivity index is 1.73. The highest BCUT2D eigenvalue weighted by molar-refractivity contribution is 5.78.